The maximum atomic E-state index is 12.5. The van der Waals surface area contributed by atoms with Crippen LogP contribution in [0.25, 0.3) is 0 Å². The minimum absolute atomic E-state index is 0.122. The van der Waals surface area contributed by atoms with Crippen molar-refractivity contribution in [1.82, 2.24) is 4.72 Å². The number of hydrogen-bond donors (Lipinski definition) is 2. The highest BCUT2D eigenvalue weighted by molar-refractivity contribution is 7.90. The van der Waals surface area contributed by atoms with Crippen LogP contribution in [0, 0.1) is 6.92 Å². The van der Waals surface area contributed by atoms with Gasteiger partial charge in [0.1, 0.15) is 11.6 Å². The summed E-state index contributed by atoms with van der Waals surface area (Å²) in [6.07, 6.45) is 3.60. The van der Waals surface area contributed by atoms with Crippen LogP contribution in [0.4, 0.5) is 5.69 Å². The smallest absolute Gasteiger partial charge is 0.291 e. The first kappa shape index (κ1) is 18.2. The molecule has 1 aromatic heterocycles. The van der Waals surface area contributed by atoms with Gasteiger partial charge in [-0.15, -0.1) is 0 Å². The van der Waals surface area contributed by atoms with Crippen molar-refractivity contribution in [2.24, 2.45) is 4.99 Å². The number of aliphatic imine (C=N–C) groups is 1. The standard InChI is InChI=1S/C18H21N3O4S/c1-13-6-11-16(25-13)18(22)20-14-7-9-15(10-8-14)26(23,24)21-17-5-3-2-4-12-19-17/h6-11H,2-5,12H2,1H3,(H,19,21)(H,20,22). The predicted molar refractivity (Wildman–Crippen MR) is 98.9 cm³/mol. The van der Waals surface area contributed by atoms with E-state index in [1.165, 1.54) is 24.3 Å². The quantitative estimate of drug-likeness (QED) is 0.857. The van der Waals surface area contributed by atoms with Gasteiger partial charge in [-0.1, -0.05) is 6.42 Å². The molecule has 0 unspecified atom stereocenters. The van der Waals surface area contributed by atoms with Crippen LogP contribution >= 0.6 is 0 Å². The molecular weight excluding hydrogens is 354 g/mol. The van der Waals surface area contributed by atoms with Gasteiger partial charge in [-0.3, -0.25) is 14.5 Å². The fourth-order valence-electron chi connectivity index (χ4n) is 2.64. The number of nitrogens with one attached hydrogen (secondary N) is 2. The molecule has 0 fully saturated rings. The topological polar surface area (TPSA) is 101 Å². The van der Waals surface area contributed by atoms with Gasteiger partial charge in [0.15, 0.2) is 5.76 Å². The molecule has 0 atom stereocenters. The van der Waals surface area contributed by atoms with E-state index in [0.717, 1.165) is 19.3 Å². The average Bonchev–Trinajstić information content (AvgIpc) is 2.88. The molecule has 2 N–H and O–H groups in total. The van der Waals surface area contributed by atoms with Gasteiger partial charge < -0.3 is 9.73 Å². The fourth-order valence-corrected chi connectivity index (χ4v) is 3.73. The van der Waals surface area contributed by atoms with Crippen LogP contribution in [-0.2, 0) is 10.0 Å². The van der Waals surface area contributed by atoms with Gasteiger partial charge in [0.2, 0.25) is 0 Å². The minimum Gasteiger partial charge on any atom is -0.456 e. The Morgan fingerprint density at radius 2 is 1.85 bits per heavy atom. The van der Waals surface area contributed by atoms with E-state index < -0.39 is 10.0 Å². The molecule has 1 aromatic carbocycles. The summed E-state index contributed by atoms with van der Waals surface area (Å²) in [6.45, 7) is 2.40. The summed E-state index contributed by atoms with van der Waals surface area (Å²) >= 11 is 0. The van der Waals surface area contributed by atoms with Crippen LogP contribution < -0.4 is 10.0 Å². The Morgan fingerprint density at radius 1 is 1.08 bits per heavy atom. The molecule has 8 heteroatoms. The van der Waals surface area contributed by atoms with Crippen LogP contribution in [0.5, 0.6) is 0 Å². The summed E-state index contributed by atoms with van der Waals surface area (Å²) in [5.41, 5.74) is 0.481. The molecule has 3 rings (SSSR count). The second-order valence-electron chi connectivity index (χ2n) is 6.13. The highest BCUT2D eigenvalue weighted by Crippen LogP contribution is 2.17. The Bertz CT molecular complexity index is 914. The third kappa shape index (κ3) is 4.51. The number of amidine groups is 1. The molecule has 1 aliphatic heterocycles. The molecule has 138 valence electrons. The molecule has 2 aromatic rings. The van der Waals surface area contributed by atoms with E-state index in [2.05, 4.69) is 15.0 Å². The molecule has 0 aliphatic carbocycles. The van der Waals surface area contributed by atoms with Crippen LogP contribution in [0.15, 0.2) is 50.7 Å². The number of rotatable bonds is 4. The number of anilines is 1. The van der Waals surface area contributed by atoms with Crippen molar-refractivity contribution in [2.75, 3.05) is 11.9 Å². The molecular formula is C18H21N3O4S. The van der Waals surface area contributed by atoms with E-state index in [4.69, 9.17) is 4.42 Å². The number of amides is 1. The molecule has 1 aliphatic rings. The second-order valence-corrected chi connectivity index (χ2v) is 7.82. The van der Waals surface area contributed by atoms with E-state index in [1.54, 1.807) is 19.1 Å². The SMILES string of the molecule is Cc1ccc(C(=O)Nc2ccc(S(=O)(=O)NC3=NCCCCC3)cc2)o1. The summed E-state index contributed by atoms with van der Waals surface area (Å²) in [7, 11) is -3.68. The number of hydrogen-bond acceptors (Lipinski definition) is 5. The molecule has 2 heterocycles. The van der Waals surface area contributed by atoms with Gasteiger partial charge in [0.05, 0.1) is 4.90 Å². The average molecular weight is 375 g/mol. The van der Waals surface area contributed by atoms with E-state index in [0.29, 0.717) is 30.2 Å². The van der Waals surface area contributed by atoms with Gasteiger partial charge in [-0.05, 0) is 56.2 Å². The van der Waals surface area contributed by atoms with Crippen molar-refractivity contribution in [3.63, 3.8) is 0 Å². The Hall–Kier alpha value is -2.61. The lowest BCUT2D eigenvalue weighted by atomic mass is 10.2. The first-order chi connectivity index (χ1) is 12.4. The maximum absolute atomic E-state index is 12.5. The van der Waals surface area contributed by atoms with Crippen molar-refractivity contribution >= 4 is 27.5 Å². The lowest BCUT2D eigenvalue weighted by molar-refractivity contribution is 0.0995. The van der Waals surface area contributed by atoms with Gasteiger partial charge >= 0.3 is 0 Å². The monoisotopic (exact) mass is 375 g/mol. The summed E-state index contributed by atoms with van der Waals surface area (Å²) in [6, 6.07) is 9.26. The number of carbonyl (C=O) groups is 1. The zero-order valence-electron chi connectivity index (χ0n) is 14.5. The Labute approximate surface area is 152 Å². The molecule has 7 nitrogen and oxygen atoms in total. The fraction of sp³-hybridized carbons (Fsp3) is 0.333. The highest BCUT2D eigenvalue weighted by atomic mass is 32.2. The molecule has 0 radical (unpaired) electrons. The predicted octanol–water partition coefficient (Wildman–Crippen LogP) is 3.09. The van der Waals surface area contributed by atoms with Crippen LogP contribution in [0.1, 0.15) is 42.0 Å². The second kappa shape index (κ2) is 7.74. The van der Waals surface area contributed by atoms with Crippen LogP contribution in [0.3, 0.4) is 0 Å². The number of benzene rings is 1. The number of furan rings is 1. The number of sulfonamides is 1. The van der Waals surface area contributed by atoms with Gasteiger partial charge in [-0.2, -0.15) is 0 Å². The third-order valence-corrected chi connectivity index (χ3v) is 5.41. The third-order valence-electron chi connectivity index (χ3n) is 4.01. The first-order valence-corrected chi connectivity index (χ1v) is 9.96. The van der Waals surface area contributed by atoms with Crippen molar-refractivity contribution < 1.29 is 17.6 Å². The van der Waals surface area contributed by atoms with Crippen molar-refractivity contribution in [2.45, 2.75) is 37.5 Å². The summed E-state index contributed by atoms with van der Waals surface area (Å²) in [4.78, 5) is 16.5. The molecule has 0 saturated heterocycles. The van der Waals surface area contributed by atoms with E-state index in [1.807, 2.05) is 0 Å². The van der Waals surface area contributed by atoms with Crippen LogP contribution in [-0.4, -0.2) is 26.7 Å². The van der Waals surface area contributed by atoms with E-state index in [9.17, 15) is 13.2 Å². The Balaban J connectivity index is 1.68. The lowest BCUT2D eigenvalue weighted by Crippen LogP contribution is -2.30. The van der Waals surface area contributed by atoms with Gasteiger partial charge in [-0.25, -0.2) is 8.42 Å². The minimum atomic E-state index is -3.68. The number of aryl methyl sites for hydroxylation is 1. The molecule has 0 spiro atoms. The number of carbonyl (C=O) groups excluding carboxylic acids is 1. The summed E-state index contributed by atoms with van der Waals surface area (Å²) in [5, 5.41) is 2.67. The van der Waals surface area contributed by atoms with E-state index >= 15 is 0 Å². The zero-order chi connectivity index (χ0) is 18.6. The normalized spacial score (nSPS) is 15.0. The van der Waals surface area contributed by atoms with Crippen molar-refractivity contribution in [3.8, 4) is 0 Å². The van der Waals surface area contributed by atoms with Gasteiger partial charge in [0.25, 0.3) is 15.9 Å². The first-order valence-electron chi connectivity index (χ1n) is 8.48. The van der Waals surface area contributed by atoms with Crippen molar-refractivity contribution in [1.29, 1.82) is 0 Å². The molecule has 0 bridgehead atoms. The lowest BCUT2D eigenvalue weighted by Gasteiger charge is -2.10. The number of nitrogens with zero attached hydrogens (tertiary/aromatic N) is 1. The molecule has 0 saturated carbocycles. The summed E-state index contributed by atoms with van der Waals surface area (Å²) in [5.74, 6) is 0.962. The van der Waals surface area contributed by atoms with Crippen molar-refractivity contribution in [3.05, 3.63) is 47.9 Å². The summed E-state index contributed by atoms with van der Waals surface area (Å²) < 4.78 is 32.8. The van der Waals surface area contributed by atoms with Gasteiger partial charge in [0, 0.05) is 18.7 Å². The molecule has 1 amide bonds. The maximum Gasteiger partial charge on any atom is 0.291 e. The highest BCUT2D eigenvalue weighted by Gasteiger charge is 2.17. The zero-order valence-corrected chi connectivity index (χ0v) is 15.3. The molecule has 26 heavy (non-hydrogen) atoms. The Morgan fingerprint density at radius 3 is 2.54 bits per heavy atom. The van der Waals surface area contributed by atoms with E-state index in [-0.39, 0.29) is 16.6 Å². The Kier molecular flexibility index (Phi) is 5.41. The van der Waals surface area contributed by atoms with Crippen LogP contribution in [0.2, 0.25) is 0 Å². The largest absolute Gasteiger partial charge is 0.456 e.